The molecule has 1 fully saturated rings. The molecule has 0 aliphatic carbocycles. The number of rotatable bonds is 8. The van der Waals surface area contributed by atoms with Crippen LogP contribution in [0.5, 0.6) is 17.2 Å². The first kappa shape index (κ1) is 21.0. The van der Waals surface area contributed by atoms with Gasteiger partial charge in [0.05, 0.1) is 27.1 Å². The summed E-state index contributed by atoms with van der Waals surface area (Å²) in [6.45, 7) is 1.95. The molecule has 9 heteroatoms. The molecule has 0 radical (unpaired) electrons. The van der Waals surface area contributed by atoms with Gasteiger partial charge in [0, 0.05) is 43.3 Å². The lowest BCUT2D eigenvalue weighted by molar-refractivity contribution is -0.113. The third-order valence-electron chi connectivity index (χ3n) is 4.59. The van der Waals surface area contributed by atoms with Crippen LogP contribution in [0, 0.1) is 0 Å². The van der Waals surface area contributed by atoms with E-state index in [-0.39, 0.29) is 11.7 Å². The number of nitrogens with one attached hydrogen (secondary N) is 1. The molecule has 1 N–H and O–H groups in total. The van der Waals surface area contributed by atoms with E-state index >= 15 is 0 Å². The molecule has 2 heterocycles. The van der Waals surface area contributed by atoms with Gasteiger partial charge in [0.25, 0.3) is 0 Å². The number of amides is 1. The Balaban J connectivity index is 1.66. The van der Waals surface area contributed by atoms with E-state index in [1.165, 1.54) is 39.5 Å². The lowest BCUT2D eigenvalue weighted by atomic mass is 10.1. The molecule has 2 aromatic rings. The van der Waals surface area contributed by atoms with E-state index in [4.69, 9.17) is 14.2 Å². The van der Waals surface area contributed by atoms with E-state index in [0.717, 1.165) is 36.8 Å². The van der Waals surface area contributed by atoms with Crippen LogP contribution in [0.1, 0.15) is 19.3 Å². The number of carbonyl (C=O) groups excluding carboxylic acids is 1. The van der Waals surface area contributed by atoms with Crippen molar-refractivity contribution < 1.29 is 19.0 Å². The molecular formula is C20H26N4O4S. The van der Waals surface area contributed by atoms with Gasteiger partial charge in [-0.05, 0) is 19.3 Å². The van der Waals surface area contributed by atoms with Gasteiger partial charge in [-0.2, -0.15) is 0 Å². The molecule has 0 bridgehead atoms. The van der Waals surface area contributed by atoms with Crippen molar-refractivity contribution in [2.24, 2.45) is 0 Å². The Labute approximate surface area is 175 Å². The van der Waals surface area contributed by atoms with Crippen molar-refractivity contribution in [1.82, 2.24) is 9.97 Å². The molecular weight excluding hydrogens is 392 g/mol. The molecule has 0 atom stereocenters. The quantitative estimate of drug-likeness (QED) is 0.654. The van der Waals surface area contributed by atoms with Crippen molar-refractivity contribution >= 4 is 29.2 Å². The first-order valence-electron chi connectivity index (χ1n) is 9.45. The first-order chi connectivity index (χ1) is 14.2. The highest BCUT2D eigenvalue weighted by molar-refractivity contribution is 8.00. The number of aromatic nitrogens is 2. The van der Waals surface area contributed by atoms with Crippen LogP contribution < -0.4 is 24.4 Å². The van der Waals surface area contributed by atoms with Crippen molar-refractivity contribution in [3.63, 3.8) is 0 Å². The van der Waals surface area contributed by atoms with Gasteiger partial charge in [0.2, 0.25) is 11.7 Å². The highest BCUT2D eigenvalue weighted by atomic mass is 32.2. The zero-order valence-electron chi connectivity index (χ0n) is 16.9. The highest BCUT2D eigenvalue weighted by Crippen LogP contribution is 2.40. The summed E-state index contributed by atoms with van der Waals surface area (Å²) < 4.78 is 16.0. The van der Waals surface area contributed by atoms with Crippen LogP contribution in [0.3, 0.4) is 0 Å². The smallest absolute Gasteiger partial charge is 0.234 e. The fraction of sp³-hybridized carbons (Fsp3) is 0.450. The van der Waals surface area contributed by atoms with Crippen molar-refractivity contribution in [2.75, 3.05) is 50.4 Å². The number of piperidine rings is 1. The Hall–Kier alpha value is -2.68. The summed E-state index contributed by atoms with van der Waals surface area (Å²) in [5.74, 6) is 2.37. The fourth-order valence-corrected chi connectivity index (χ4v) is 4.01. The number of hydrogen-bond donors (Lipinski definition) is 1. The van der Waals surface area contributed by atoms with Crippen LogP contribution in [0.15, 0.2) is 29.6 Å². The number of hydrogen-bond acceptors (Lipinski definition) is 8. The van der Waals surface area contributed by atoms with Crippen molar-refractivity contribution in [2.45, 2.75) is 24.3 Å². The Morgan fingerprint density at radius 2 is 1.69 bits per heavy atom. The second-order valence-electron chi connectivity index (χ2n) is 6.48. The summed E-state index contributed by atoms with van der Waals surface area (Å²) in [5.41, 5.74) is 0.570. The van der Waals surface area contributed by atoms with Crippen LogP contribution in [-0.4, -0.2) is 56.0 Å². The molecule has 1 saturated heterocycles. The van der Waals surface area contributed by atoms with Crippen molar-refractivity contribution in [3.05, 3.63) is 24.5 Å². The van der Waals surface area contributed by atoms with E-state index in [2.05, 4.69) is 20.2 Å². The van der Waals surface area contributed by atoms with Crippen LogP contribution >= 0.6 is 11.8 Å². The largest absolute Gasteiger partial charge is 0.493 e. The fourth-order valence-electron chi connectivity index (χ4n) is 3.23. The summed E-state index contributed by atoms with van der Waals surface area (Å²) in [5, 5.41) is 3.65. The normalized spacial score (nSPS) is 13.7. The summed E-state index contributed by atoms with van der Waals surface area (Å²) in [4.78, 5) is 23.7. The van der Waals surface area contributed by atoms with Crippen LogP contribution in [-0.2, 0) is 4.79 Å². The van der Waals surface area contributed by atoms with Gasteiger partial charge in [0.1, 0.15) is 5.03 Å². The zero-order valence-corrected chi connectivity index (χ0v) is 17.8. The molecule has 0 saturated carbocycles. The van der Waals surface area contributed by atoms with Gasteiger partial charge in [-0.1, -0.05) is 11.8 Å². The van der Waals surface area contributed by atoms with Crippen LogP contribution in [0.25, 0.3) is 0 Å². The monoisotopic (exact) mass is 418 g/mol. The molecule has 1 aromatic heterocycles. The summed E-state index contributed by atoms with van der Waals surface area (Å²) >= 11 is 1.38. The first-order valence-corrected chi connectivity index (χ1v) is 10.4. The van der Waals surface area contributed by atoms with E-state index in [9.17, 15) is 4.79 Å². The summed E-state index contributed by atoms with van der Waals surface area (Å²) in [6.07, 6.45) is 6.91. The number of thioether (sulfide) groups is 1. The SMILES string of the molecule is COc1cc(NC(=O)CSc2nccnc2N2CCCCC2)cc(OC)c1OC. The molecule has 1 aliphatic heterocycles. The maximum absolute atomic E-state index is 12.5. The minimum absolute atomic E-state index is 0.153. The maximum atomic E-state index is 12.5. The second kappa shape index (κ2) is 10.2. The zero-order chi connectivity index (χ0) is 20.6. The topological polar surface area (TPSA) is 85.8 Å². The Kier molecular flexibility index (Phi) is 7.40. The number of ether oxygens (including phenoxy) is 3. The lowest BCUT2D eigenvalue weighted by Crippen LogP contribution is -2.30. The predicted octanol–water partition coefficient (Wildman–Crippen LogP) is 3.22. The van der Waals surface area contributed by atoms with E-state index < -0.39 is 0 Å². The number of anilines is 2. The molecule has 1 aliphatic rings. The predicted molar refractivity (Wildman–Crippen MR) is 114 cm³/mol. The second-order valence-corrected chi connectivity index (χ2v) is 7.45. The number of methoxy groups -OCH3 is 3. The van der Waals surface area contributed by atoms with Crippen LogP contribution in [0.4, 0.5) is 11.5 Å². The standard InChI is InChI=1S/C20H26N4O4S/c1-26-15-11-14(12-16(27-2)18(15)28-3)23-17(25)13-29-20-19(21-7-8-22-20)24-9-5-4-6-10-24/h7-8,11-12H,4-6,9-10,13H2,1-3H3,(H,23,25). The third-order valence-corrected chi connectivity index (χ3v) is 5.56. The molecule has 1 amide bonds. The van der Waals surface area contributed by atoms with Gasteiger partial charge in [0.15, 0.2) is 17.3 Å². The molecule has 0 spiro atoms. The summed E-state index contributed by atoms with van der Waals surface area (Å²) in [6, 6.07) is 3.40. The Morgan fingerprint density at radius 3 is 2.31 bits per heavy atom. The van der Waals surface area contributed by atoms with Crippen molar-refractivity contribution in [1.29, 1.82) is 0 Å². The molecule has 1 aromatic carbocycles. The lowest BCUT2D eigenvalue weighted by Gasteiger charge is -2.28. The number of nitrogens with zero attached hydrogens (tertiary/aromatic N) is 3. The van der Waals surface area contributed by atoms with E-state index in [1.54, 1.807) is 24.5 Å². The average Bonchev–Trinajstić information content (AvgIpc) is 2.77. The Bertz CT molecular complexity index is 818. The molecule has 29 heavy (non-hydrogen) atoms. The highest BCUT2D eigenvalue weighted by Gasteiger charge is 2.18. The van der Waals surface area contributed by atoms with Gasteiger partial charge < -0.3 is 24.4 Å². The van der Waals surface area contributed by atoms with E-state index in [0.29, 0.717) is 22.9 Å². The molecule has 3 rings (SSSR count). The Morgan fingerprint density at radius 1 is 1.03 bits per heavy atom. The number of benzene rings is 1. The van der Waals surface area contributed by atoms with Gasteiger partial charge in [-0.3, -0.25) is 4.79 Å². The maximum Gasteiger partial charge on any atom is 0.234 e. The van der Waals surface area contributed by atoms with Gasteiger partial charge >= 0.3 is 0 Å². The molecule has 8 nitrogen and oxygen atoms in total. The number of carbonyl (C=O) groups is 1. The summed E-state index contributed by atoms with van der Waals surface area (Å²) in [7, 11) is 4.61. The average molecular weight is 419 g/mol. The van der Waals surface area contributed by atoms with Crippen molar-refractivity contribution in [3.8, 4) is 17.2 Å². The minimum atomic E-state index is -0.153. The van der Waals surface area contributed by atoms with Gasteiger partial charge in [-0.25, -0.2) is 9.97 Å². The third kappa shape index (κ3) is 5.23. The van der Waals surface area contributed by atoms with Gasteiger partial charge in [-0.15, -0.1) is 0 Å². The minimum Gasteiger partial charge on any atom is -0.493 e. The molecule has 156 valence electrons. The van der Waals surface area contributed by atoms with E-state index in [1.807, 2.05) is 0 Å². The molecule has 0 unspecified atom stereocenters. The van der Waals surface area contributed by atoms with Crippen LogP contribution in [0.2, 0.25) is 0 Å².